The molecule has 2 N–H and O–H groups in total. The van der Waals surface area contributed by atoms with Crippen molar-refractivity contribution in [1.29, 1.82) is 0 Å². The molecule has 0 saturated heterocycles. The molecule has 21 heavy (non-hydrogen) atoms. The van der Waals surface area contributed by atoms with E-state index in [0.717, 1.165) is 28.0 Å². The van der Waals surface area contributed by atoms with Crippen LogP contribution in [-0.4, -0.2) is 12.6 Å². The van der Waals surface area contributed by atoms with E-state index in [1.54, 1.807) is 6.92 Å². The average molecular weight is 324 g/mol. The monoisotopic (exact) mass is 323 g/mol. The predicted molar refractivity (Wildman–Crippen MR) is 89.2 cm³/mol. The lowest BCUT2D eigenvalue weighted by molar-refractivity contribution is 0.0533. The second-order valence-electron chi connectivity index (χ2n) is 4.69. The normalized spacial score (nSPS) is 10.7. The number of halogens is 1. The minimum absolute atomic E-state index is 0.336. The lowest BCUT2D eigenvalue weighted by Crippen LogP contribution is -2.05. The Bertz CT molecular complexity index is 679. The van der Waals surface area contributed by atoms with Crippen molar-refractivity contribution in [3.8, 4) is 10.4 Å². The Hall–Kier alpha value is -1.52. The molecule has 0 amide bonds. The topological polar surface area (TPSA) is 52.3 Å². The van der Waals surface area contributed by atoms with Crippen LogP contribution in [0.5, 0.6) is 0 Å². The molecular weight excluding hydrogens is 306 g/mol. The Kier molecular flexibility index (Phi) is 4.91. The van der Waals surface area contributed by atoms with Crippen LogP contribution in [-0.2, 0) is 11.2 Å². The molecule has 0 unspecified atom stereocenters. The van der Waals surface area contributed by atoms with Gasteiger partial charge in [-0.25, -0.2) is 4.79 Å². The average Bonchev–Trinajstić information content (AvgIpc) is 2.78. The summed E-state index contributed by atoms with van der Waals surface area (Å²) in [6, 6.07) is 5.74. The standard InChI is InChI=1S/C16H18ClNO2S/c1-4-11-13(18)15(16(19)20-5-2)21-14(11)12-8-10(17)7-6-9(12)3/h6-8H,4-5,18H2,1-3H3. The summed E-state index contributed by atoms with van der Waals surface area (Å²) < 4.78 is 5.08. The van der Waals surface area contributed by atoms with Crippen LogP contribution in [0.1, 0.15) is 34.6 Å². The lowest BCUT2D eigenvalue weighted by Gasteiger charge is -2.07. The zero-order valence-corrected chi connectivity index (χ0v) is 13.9. The van der Waals surface area contributed by atoms with Gasteiger partial charge in [-0.15, -0.1) is 11.3 Å². The summed E-state index contributed by atoms with van der Waals surface area (Å²) in [6.45, 7) is 6.16. The number of hydrogen-bond acceptors (Lipinski definition) is 4. The van der Waals surface area contributed by atoms with Crippen molar-refractivity contribution >= 4 is 34.6 Å². The molecule has 0 bridgehead atoms. The molecule has 0 radical (unpaired) electrons. The van der Waals surface area contributed by atoms with Gasteiger partial charge in [-0.1, -0.05) is 24.6 Å². The van der Waals surface area contributed by atoms with E-state index in [1.165, 1.54) is 11.3 Å². The predicted octanol–water partition coefficient (Wildman–Crippen LogP) is 4.70. The van der Waals surface area contributed by atoms with Crippen LogP contribution < -0.4 is 5.73 Å². The second kappa shape index (κ2) is 6.50. The van der Waals surface area contributed by atoms with Crippen molar-refractivity contribution in [3.05, 3.63) is 39.2 Å². The molecule has 0 aliphatic heterocycles. The summed E-state index contributed by atoms with van der Waals surface area (Å²) in [4.78, 5) is 13.5. The van der Waals surface area contributed by atoms with E-state index < -0.39 is 0 Å². The Morgan fingerprint density at radius 2 is 2.10 bits per heavy atom. The highest BCUT2D eigenvalue weighted by Crippen LogP contribution is 2.41. The van der Waals surface area contributed by atoms with Crippen LogP contribution in [0.15, 0.2) is 18.2 Å². The number of ether oxygens (including phenoxy) is 1. The van der Waals surface area contributed by atoms with Crippen LogP contribution in [0.2, 0.25) is 5.02 Å². The summed E-state index contributed by atoms with van der Waals surface area (Å²) in [6.07, 6.45) is 0.753. The van der Waals surface area contributed by atoms with E-state index in [1.807, 2.05) is 32.0 Å². The molecule has 3 nitrogen and oxygen atoms in total. The highest BCUT2D eigenvalue weighted by Gasteiger charge is 2.22. The maximum atomic E-state index is 12.0. The Labute approximate surface area is 133 Å². The summed E-state index contributed by atoms with van der Waals surface area (Å²) >= 11 is 7.48. The fourth-order valence-corrected chi connectivity index (χ4v) is 3.69. The lowest BCUT2D eigenvalue weighted by atomic mass is 10.0. The first-order chi connectivity index (χ1) is 9.99. The highest BCUT2D eigenvalue weighted by atomic mass is 35.5. The minimum atomic E-state index is -0.361. The molecule has 2 aromatic rings. The van der Waals surface area contributed by atoms with Gasteiger partial charge in [-0.2, -0.15) is 0 Å². The number of carbonyl (C=O) groups is 1. The highest BCUT2D eigenvalue weighted by molar-refractivity contribution is 7.18. The van der Waals surface area contributed by atoms with Gasteiger partial charge in [0.15, 0.2) is 0 Å². The van der Waals surface area contributed by atoms with Gasteiger partial charge < -0.3 is 10.5 Å². The van der Waals surface area contributed by atoms with Crippen LogP contribution in [0.4, 0.5) is 5.69 Å². The van der Waals surface area contributed by atoms with Crippen LogP contribution in [0.25, 0.3) is 10.4 Å². The minimum Gasteiger partial charge on any atom is -0.462 e. The van der Waals surface area contributed by atoms with E-state index in [4.69, 9.17) is 22.1 Å². The van der Waals surface area contributed by atoms with Gasteiger partial charge in [0.05, 0.1) is 12.3 Å². The molecule has 1 aromatic carbocycles. The molecule has 0 atom stereocenters. The fourth-order valence-electron chi connectivity index (χ4n) is 2.23. The molecular formula is C16H18ClNO2S. The van der Waals surface area contributed by atoms with Gasteiger partial charge in [-0.05, 0) is 49.1 Å². The van der Waals surface area contributed by atoms with Crippen molar-refractivity contribution in [3.63, 3.8) is 0 Å². The molecule has 0 aliphatic rings. The number of aryl methyl sites for hydroxylation is 1. The second-order valence-corrected chi connectivity index (χ2v) is 6.14. The van der Waals surface area contributed by atoms with Crippen LogP contribution >= 0.6 is 22.9 Å². The smallest absolute Gasteiger partial charge is 0.350 e. The van der Waals surface area contributed by atoms with Gasteiger partial charge in [0.1, 0.15) is 4.88 Å². The molecule has 0 saturated carbocycles. The quantitative estimate of drug-likeness (QED) is 0.830. The Morgan fingerprint density at radius 3 is 2.71 bits per heavy atom. The SMILES string of the molecule is CCOC(=O)c1sc(-c2cc(Cl)ccc2C)c(CC)c1N. The summed E-state index contributed by atoms with van der Waals surface area (Å²) in [5.74, 6) is -0.361. The summed E-state index contributed by atoms with van der Waals surface area (Å²) in [7, 11) is 0. The van der Waals surface area contributed by atoms with Crippen molar-refractivity contribution in [2.45, 2.75) is 27.2 Å². The molecule has 0 spiro atoms. The third-order valence-corrected chi connectivity index (χ3v) is 4.80. The van der Waals surface area contributed by atoms with E-state index in [2.05, 4.69) is 0 Å². The molecule has 1 heterocycles. The first-order valence-corrected chi connectivity index (χ1v) is 8.03. The fraction of sp³-hybridized carbons (Fsp3) is 0.312. The Balaban J connectivity index is 2.61. The van der Waals surface area contributed by atoms with E-state index in [-0.39, 0.29) is 5.97 Å². The number of hydrogen-bond donors (Lipinski definition) is 1. The number of carbonyl (C=O) groups excluding carboxylic acids is 1. The first-order valence-electron chi connectivity index (χ1n) is 6.84. The van der Waals surface area contributed by atoms with Gasteiger partial charge >= 0.3 is 5.97 Å². The molecule has 0 aliphatic carbocycles. The summed E-state index contributed by atoms with van der Waals surface area (Å²) in [5.41, 5.74) is 9.77. The third kappa shape index (κ3) is 3.06. The zero-order valence-electron chi connectivity index (χ0n) is 12.3. The number of nitrogen functional groups attached to an aromatic ring is 1. The molecule has 2 rings (SSSR count). The van der Waals surface area contributed by atoms with Gasteiger partial charge in [0.2, 0.25) is 0 Å². The zero-order chi connectivity index (χ0) is 15.6. The van der Waals surface area contributed by atoms with Crippen molar-refractivity contribution in [2.24, 2.45) is 0 Å². The van der Waals surface area contributed by atoms with Crippen LogP contribution in [0.3, 0.4) is 0 Å². The number of anilines is 1. The van der Waals surface area contributed by atoms with E-state index >= 15 is 0 Å². The maximum absolute atomic E-state index is 12.0. The van der Waals surface area contributed by atoms with Gasteiger partial charge in [0.25, 0.3) is 0 Å². The molecule has 0 fully saturated rings. The molecule has 112 valence electrons. The van der Waals surface area contributed by atoms with Gasteiger partial charge in [0, 0.05) is 9.90 Å². The maximum Gasteiger partial charge on any atom is 0.350 e. The van der Waals surface area contributed by atoms with E-state index in [0.29, 0.717) is 22.2 Å². The number of esters is 1. The number of nitrogens with two attached hydrogens (primary N) is 1. The number of benzene rings is 1. The van der Waals surface area contributed by atoms with Crippen molar-refractivity contribution in [2.75, 3.05) is 12.3 Å². The first kappa shape index (κ1) is 15.9. The molecule has 1 aromatic heterocycles. The summed E-state index contributed by atoms with van der Waals surface area (Å²) in [5, 5.41) is 0.669. The largest absolute Gasteiger partial charge is 0.462 e. The van der Waals surface area contributed by atoms with Crippen LogP contribution in [0, 0.1) is 6.92 Å². The molecule has 5 heteroatoms. The number of thiophene rings is 1. The van der Waals surface area contributed by atoms with Gasteiger partial charge in [-0.3, -0.25) is 0 Å². The van der Waals surface area contributed by atoms with E-state index in [9.17, 15) is 4.79 Å². The third-order valence-electron chi connectivity index (χ3n) is 3.31. The van der Waals surface area contributed by atoms with Crippen molar-refractivity contribution < 1.29 is 9.53 Å². The van der Waals surface area contributed by atoms with Crippen molar-refractivity contribution in [1.82, 2.24) is 0 Å². The number of rotatable bonds is 4. The Morgan fingerprint density at radius 1 is 1.38 bits per heavy atom.